The molecule has 0 aromatic carbocycles. The second-order valence-electron chi connectivity index (χ2n) is 6.60. The van der Waals surface area contributed by atoms with Crippen molar-refractivity contribution in [3.05, 3.63) is 40.0 Å². The largest absolute Gasteiger partial charge is 0.458 e. The summed E-state index contributed by atoms with van der Waals surface area (Å²) in [4.78, 5) is 17.0. The van der Waals surface area contributed by atoms with Crippen LogP contribution in [-0.2, 0) is 26.6 Å². The van der Waals surface area contributed by atoms with E-state index in [0.717, 1.165) is 43.2 Å². The van der Waals surface area contributed by atoms with Gasteiger partial charge in [-0.1, -0.05) is 6.92 Å². The average Bonchev–Trinajstić information content (AvgIpc) is 3.27. The van der Waals surface area contributed by atoms with E-state index in [1.807, 2.05) is 23.7 Å². The molecule has 132 valence electrons. The predicted octanol–water partition coefficient (Wildman–Crippen LogP) is 1.88. The van der Waals surface area contributed by atoms with Gasteiger partial charge < -0.3 is 4.42 Å². The predicted molar refractivity (Wildman–Crippen MR) is 91.3 cm³/mol. The van der Waals surface area contributed by atoms with E-state index in [2.05, 4.69) is 17.1 Å². The molecule has 4 heterocycles. The first-order valence-corrected chi connectivity index (χ1v) is 8.71. The van der Waals surface area contributed by atoms with Crippen molar-refractivity contribution in [3.63, 3.8) is 0 Å². The third kappa shape index (κ3) is 2.71. The fraction of sp³-hybridized carbons (Fsp3) is 0.529. The summed E-state index contributed by atoms with van der Waals surface area (Å²) in [6, 6.07) is 3.81. The van der Waals surface area contributed by atoms with E-state index in [9.17, 15) is 4.79 Å². The van der Waals surface area contributed by atoms with Crippen molar-refractivity contribution in [1.29, 1.82) is 0 Å². The second kappa shape index (κ2) is 6.02. The van der Waals surface area contributed by atoms with Gasteiger partial charge in [0.05, 0.1) is 0 Å². The lowest BCUT2D eigenvalue weighted by Gasteiger charge is -2.22. The van der Waals surface area contributed by atoms with Crippen LogP contribution in [0, 0.1) is 6.92 Å². The van der Waals surface area contributed by atoms with Crippen molar-refractivity contribution in [1.82, 2.24) is 29.1 Å². The van der Waals surface area contributed by atoms with Crippen LogP contribution in [-0.4, -0.2) is 29.1 Å². The fourth-order valence-electron chi connectivity index (χ4n) is 3.44. The Morgan fingerprint density at radius 3 is 2.88 bits per heavy atom. The van der Waals surface area contributed by atoms with E-state index >= 15 is 0 Å². The molecule has 8 heteroatoms. The highest BCUT2D eigenvalue weighted by atomic mass is 16.3. The van der Waals surface area contributed by atoms with Gasteiger partial charge in [-0.25, -0.2) is 19.1 Å². The zero-order chi connectivity index (χ0) is 17.6. The Morgan fingerprint density at radius 2 is 2.16 bits per heavy atom. The van der Waals surface area contributed by atoms with Gasteiger partial charge in [0.25, 0.3) is 0 Å². The molecule has 0 radical (unpaired) electrons. The van der Waals surface area contributed by atoms with Gasteiger partial charge in [-0.05, 0) is 31.9 Å². The molecule has 0 fully saturated rings. The molecular formula is C17H22N6O2. The summed E-state index contributed by atoms with van der Waals surface area (Å²) in [5.74, 6) is 4.06. The third-order valence-electron chi connectivity index (χ3n) is 4.67. The minimum absolute atomic E-state index is 0.0665. The Bertz CT molecular complexity index is 960. The van der Waals surface area contributed by atoms with Gasteiger partial charge in [0.15, 0.2) is 5.76 Å². The summed E-state index contributed by atoms with van der Waals surface area (Å²) in [7, 11) is 1.69. The van der Waals surface area contributed by atoms with E-state index in [-0.39, 0.29) is 11.6 Å². The van der Waals surface area contributed by atoms with E-state index < -0.39 is 0 Å². The molecule has 0 bridgehead atoms. The Kier molecular flexibility index (Phi) is 3.82. The molecule has 0 aliphatic carbocycles. The van der Waals surface area contributed by atoms with Crippen molar-refractivity contribution in [3.8, 4) is 11.6 Å². The maximum absolute atomic E-state index is 12.2. The van der Waals surface area contributed by atoms with Crippen LogP contribution in [0.25, 0.3) is 11.6 Å². The highest BCUT2D eigenvalue weighted by Crippen LogP contribution is 2.28. The molecule has 3 aromatic heterocycles. The summed E-state index contributed by atoms with van der Waals surface area (Å²) in [5.41, 5.74) is -0.0665. The molecule has 4 rings (SSSR count). The van der Waals surface area contributed by atoms with Crippen LogP contribution in [0.1, 0.15) is 43.1 Å². The van der Waals surface area contributed by atoms with Crippen molar-refractivity contribution < 1.29 is 4.42 Å². The summed E-state index contributed by atoms with van der Waals surface area (Å²) in [6.45, 7) is 5.42. The van der Waals surface area contributed by atoms with Crippen LogP contribution in [0.4, 0.5) is 0 Å². The number of furan rings is 1. The minimum atomic E-state index is -0.0665. The number of aryl methyl sites for hydroxylation is 4. The Labute approximate surface area is 145 Å². The lowest BCUT2D eigenvalue weighted by Crippen LogP contribution is -2.30. The van der Waals surface area contributed by atoms with Gasteiger partial charge in [0.2, 0.25) is 5.82 Å². The van der Waals surface area contributed by atoms with Crippen molar-refractivity contribution in [2.75, 3.05) is 0 Å². The molecule has 25 heavy (non-hydrogen) atoms. The molecular weight excluding hydrogens is 320 g/mol. The number of aromatic nitrogens is 6. The lowest BCUT2D eigenvalue weighted by molar-refractivity contribution is 0.409. The van der Waals surface area contributed by atoms with Crippen molar-refractivity contribution >= 4 is 0 Å². The monoisotopic (exact) mass is 342 g/mol. The van der Waals surface area contributed by atoms with Gasteiger partial charge >= 0.3 is 5.69 Å². The minimum Gasteiger partial charge on any atom is -0.458 e. The molecule has 1 aliphatic rings. The molecule has 0 spiro atoms. The second-order valence-corrected chi connectivity index (χ2v) is 6.60. The summed E-state index contributed by atoms with van der Waals surface area (Å²) >= 11 is 0. The maximum Gasteiger partial charge on any atom is 0.345 e. The van der Waals surface area contributed by atoms with Crippen molar-refractivity contribution in [2.45, 2.75) is 52.1 Å². The van der Waals surface area contributed by atoms with Gasteiger partial charge in [-0.15, -0.1) is 5.10 Å². The lowest BCUT2D eigenvalue weighted by atomic mass is 9.98. The maximum atomic E-state index is 12.2. The number of nitrogens with zero attached hydrogens (tertiary/aromatic N) is 6. The van der Waals surface area contributed by atoms with Gasteiger partial charge in [0, 0.05) is 32.5 Å². The topological polar surface area (TPSA) is 83.7 Å². The van der Waals surface area contributed by atoms with Crippen LogP contribution in [0.2, 0.25) is 0 Å². The molecule has 1 aliphatic heterocycles. The molecule has 3 aromatic rings. The number of hydrogen-bond acceptors (Lipinski definition) is 5. The number of fused-ring (bicyclic) bond motifs is 1. The van der Waals surface area contributed by atoms with Crippen LogP contribution in [0.5, 0.6) is 0 Å². The molecule has 0 amide bonds. The molecule has 8 nitrogen and oxygen atoms in total. The van der Waals surface area contributed by atoms with Crippen LogP contribution in [0.3, 0.4) is 0 Å². The summed E-state index contributed by atoms with van der Waals surface area (Å²) in [6.07, 6.45) is 2.65. The van der Waals surface area contributed by atoms with E-state index in [0.29, 0.717) is 18.1 Å². The molecule has 0 saturated heterocycles. The van der Waals surface area contributed by atoms with Crippen molar-refractivity contribution in [2.24, 2.45) is 7.05 Å². The van der Waals surface area contributed by atoms with E-state index in [1.54, 1.807) is 11.6 Å². The summed E-state index contributed by atoms with van der Waals surface area (Å²) < 4.78 is 10.8. The highest BCUT2D eigenvalue weighted by molar-refractivity contribution is 5.46. The van der Waals surface area contributed by atoms with E-state index in [4.69, 9.17) is 9.40 Å². The molecule has 0 saturated carbocycles. The smallest absolute Gasteiger partial charge is 0.345 e. The van der Waals surface area contributed by atoms with Gasteiger partial charge in [-0.2, -0.15) is 5.10 Å². The standard InChI is InChI=1S/C17H22N6O2/c1-4-9-23-16(18-15(20-23)13-7-5-11(2)25-13)12-6-8-14-19-21(3)17(24)22(14)10-12/h5,7,12H,4,6,8-10H2,1-3H3/t12-/m0/s1. The zero-order valence-corrected chi connectivity index (χ0v) is 14.8. The van der Waals surface area contributed by atoms with Crippen LogP contribution >= 0.6 is 0 Å². The first-order valence-electron chi connectivity index (χ1n) is 8.71. The fourth-order valence-corrected chi connectivity index (χ4v) is 3.44. The molecule has 1 atom stereocenters. The van der Waals surface area contributed by atoms with Crippen LogP contribution in [0.15, 0.2) is 21.3 Å². The summed E-state index contributed by atoms with van der Waals surface area (Å²) in [5, 5.41) is 8.95. The SMILES string of the molecule is CCCn1nc(-c2ccc(C)o2)nc1[C@H]1CCc2nn(C)c(=O)n2C1. The molecule has 0 unspecified atom stereocenters. The normalized spacial score (nSPS) is 17.0. The Hall–Kier alpha value is -2.64. The van der Waals surface area contributed by atoms with Gasteiger partial charge in [-0.3, -0.25) is 4.57 Å². The first kappa shape index (κ1) is 15.9. The molecule has 0 N–H and O–H groups in total. The first-order chi connectivity index (χ1) is 12.1. The highest BCUT2D eigenvalue weighted by Gasteiger charge is 2.28. The van der Waals surface area contributed by atoms with Gasteiger partial charge in [0.1, 0.15) is 17.4 Å². The van der Waals surface area contributed by atoms with Crippen LogP contribution < -0.4 is 5.69 Å². The quantitative estimate of drug-likeness (QED) is 0.723. The van der Waals surface area contributed by atoms with E-state index in [1.165, 1.54) is 4.68 Å². The average molecular weight is 342 g/mol. The Morgan fingerprint density at radius 1 is 1.32 bits per heavy atom. The number of hydrogen-bond donors (Lipinski definition) is 0. The third-order valence-corrected chi connectivity index (χ3v) is 4.67. The Balaban J connectivity index is 1.71. The number of rotatable bonds is 4. The zero-order valence-electron chi connectivity index (χ0n) is 14.8.